The number of rotatable bonds is 6. The minimum Gasteiger partial charge on any atom is -0.379 e. The zero-order valence-electron chi connectivity index (χ0n) is 11.7. The third kappa shape index (κ3) is 3.67. The lowest BCUT2D eigenvalue weighted by Crippen LogP contribution is -2.67. The van der Waals surface area contributed by atoms with E-state index in [0.29, 0.717) is 0 Å². The van der Waals surface area contributed by atoms with E-state index in [2.05, 4.69) is 4.74 Å². The normalized spacial score (nSPS) is 21.1. The van der Waals surface area contributed by atoms with E-state index in [-0.39, 0.29) is 0 Å². The molecule has 1 unspecified atom stereocenters. The maximum Gasteiger partial charge on any atom is 0.459 e. The van der Waals surface area contributed by atoms with E-state index in [9.17, 15) is 53.1 Å². The van der Waals surface area contributed by atoms with E-state index in [1.165, 1.54) is 0 Å². The van der Waals surface area contributed by atoms with Crippen LogP contribution in [0.15, 0.2) is 0 Å². The quantitative estimate of drug-likeness (QED) is 0.391. The Bertz CT molecular complexity index is 503. The molecule has 4 nitrogen and oxygen atoms in total. The van der Waals surface area contributed by atoms with Crippen LogP contribution in [0.2, 0.25) is 0 Å². The highest BCUT2D eigenvalue weighted by molar-refractivity contribution is 5.77. The van der Waals surface area contributed by atoms with Crippen LogP contribution >= 0.6 is 0 Å². The maximum atomic E-state index is 13.6. The second-order valence-electron chi connectivity index (χ2n) is 4.70. The van der Waals surface area contributed by atoms with E-state index >= 15 is 0 Å². The Balaban J connectivity index is 3.22. The van der Waals surface area contributed by atoms with Crippen molar-refractivity contribution in [1.82, 2.24) is 4.90 Å². The Morgan fingerprint density at radius 3 is 1.68 bits per heavy atom. The lowest BCUT2D eigenvalue weighted by Gasteiger charge is -2.41. The van der Waals surface area contributed by atoms with E-state index in [4.69, 9.17) is 0 Å². The molecule has 1 atom stereocenters. The highest BCUT2D eigenvalue weighted by atomic mass is 19.4. The number of hydrogen-bond acceptors (Lipinski definition) is 4. The molecule has 25 heavy (non-hydrogen) atoms. The van der Waals surface area contributed by atoms with Gasteiger partial charge in [-0.3, -0.25) is 9.53 Å². The minimum atomic E-state index is -6.92. The van der Waals surface area contributed by atoms with Gasteiger partial charge >= 0.3 is 36.1 Å². The van der Waals surface area contributed by atoms with Crippen LogP contribution in [0.3, 0.4) is 0 Å². The molecule has 0 aromatic heterocycles. The molecule has 1 aliphatic heterocycles. The van der Waals surface area contributed by atoms with Crippen LogP contribution < -0.4 is 0 Å². The fourth-order valence-electron chi connectivity index (χ4n) is 1.67. The Morgan fingerprint density at radius 1 is 0.880 bits per heavy atom. The molecular weight excluding hydrogens is 391 g/mol. The maximum absolute atomic E-state index is 13.6. The third-order valence-electron chi connectivity index (χ3n) is 3.04. The van der Waals surface area contributed by atoms with Gasteiger partial charge in [0.25, 0.3) is 0 Å². The Labute approximate surface area is 131 Å². The Hall–Kier alpha value is -1.22. The van der Waals surface area contributed by atoms with Crippen molar-refractivity contribution >= 4 is 6.04 Å². The number of alkyl halides is 10. The second kappa shape index (κ2) is 6.50. The molecule has 0 saturated carbocycles. The fraction of sp³-hybridized carbons (Fsp3) is 0.900. The summed E-state index contributed by atoms with van der Waals surface area (Å²) in [4.78, 5) is 9.42. The topological polar surface area (TPSA) is 38.8 Å². The fourth-order valence-corrected chi connectivity index (χ4v) is 1.67. The van der Waals surface area contributed by atoms with Gasteiger partial charge < -0.3 is 4.74 Å². The van der Waals surface area contributed by atoms with Gasteiger partial charge in [-0.25, -0.2) is 4.90 Å². The van der Waals surface area contributed by atoms with Gasteiger partial charge in [0.15, 0.2) is 0 Å². The molecule has 0 bridgehead atoms. The van der Waals surface area contributed by atoms with Gasteiger partial charge in [0.05, 0.1) is 13.2 Å². The number of nitrogens with zero attached hydrogens (tertiary/aromatic N) is 1. The number of halogens is 11. The lowest BCUT2D eigenvalue weighted by molar-refractivity contribution is -0.474. The summed E-state index contributed by atoms with van der Waals surface area (Å²) in [5.41, 5.74) is 0. The van der Waals surface area contributed by atoms with Crippen LogP contribution in [0.4, 0.5) is 48.3 Å². The monoisotopic (exact) mass is 399 g/mol. The van der Waals surface area contributed by atoms with Crippen molar-refractivity contribution in [3.8, 4) is 0 Å². The van der Waals surface area contributed by atoms with Crippen LogP contribution in [0.1, 0.15) is 0 Å². The summed E-state index contributed by atoms with van der Waals surface area (Å²) in [6.45, 7) is -3.26. The van der Waals surface area contributed by atoms with Crippen LogP contribution in [-0.4, -0.2) is 67.3 Å². The van der Waals surface area contributed by atoms with Crippen LogP contribution in [0, 0.1) is 0 Å². The smallest absolute Gasteiger partial charge is 0.379 e. The van der Waals surface area contributed by atoms with Gasteiger partial charge in [-0.2, -0.15) is 48.3 Å². The molecule has 0 aliphatic carbocycles. The number of carbonyl (C=O) groups excluding carboxylic acids is 1. The predicted molar refractivity (Wildman–Crippen MR) is 54.3 cm³/mol. The largest absolute Gasteiger partial charge is 0.459 e. The van der Waals surface area contributed by atoms with Gasteiger partial charge in [-0.1, -0.05) is 0 Å². The van der Waals surface area contributed by atoms with Crippen molar-refractivity contribution in [1.29, 1.82) is 0 Å². The van der Waals surface area contributed by atoms with Crippen molar-refractivity contribution in [2.75, 3.05) is 26.3 Å². The summed E-state index contributed by atoms with van der Waals surface area (Å²) in [6.07, 6.45) is -13.8. The van der Waals surface area contributed by atoms with Crippen LogP contribution in [-0.2, 0) is 14.3 Å². The molecule has 0 aromatic carbocycles. The molecule has 1 saturated heterocycles. The molecule has 0 amide bonds. The lowest BCUT2D eigenvalue weighted by atomic mass is 10.2. The first-order valence-electron chi connectivity index (χ1n) is 6.12. The number of ether oxygens (including phenoxy) is 2. The van der Waals surface area contributed by atoms with Gasteiger partial charge in [-0.15, -0.1) is 0 Å². The molecule has 148 valence electrons. The summed E-state index contributed by atoms with van der Waals surface area (Å²) in [6, 6.07) is -10.1. The summed E-state index contributed by atoms with van der Waals surface area (Å²) in [5.74, 6) is -13.3. The average Bonchev–Trinajstić information content (AvgIpc) is 2.45. The molecule has 0 aromatic rings. The standard InChI is InChI=1S/C10H8F11NO3/c11-5(23)6(12,8(15,16)17)25-10(20,21)7(13,14)9(18,19)22-1-3-24-4-2-22/h1-4H2. The highest BCUT2D eigenvalue weighted by Crippen LogP contribution is 2.51. The van der Waals surface area contributed by atoms with Crippen molar-refractivity contribution in [3.05, 3.63) is 0 Å². The zero-order valence-corrected chi connectivity index (χ0v) is 11.7. The van der Waals surface area contributed by atoms with Gasteiger partial charge in [0, 0.05) is 13.1 Å². The summed E-state index contributed by atoms with van der Waals surface area (Å²) < 4.78 is 149. The molecular formula is C10H8F11NO3. The third-order valence-corrected chi connectivity index (χ3v) is 3.04. The van der Waals surface area contributed by atoms with Gasteiger partial charge in [-0.05, 0) is 0 Å². The van der Waals surface area contributed by atoms with E-state index in [1.54, 1.807) is 0 Å². The molecule has 0 spiro atoms. The first-order chi connectivity index (χ1) is 11.0. The second-order valence-corrected chi connectivity index (χ2v) is 4.70. The van der Waals surface area contributed by atoms with Gasteiger partial charge in [0.1, 0.15) is 0 Å². The number of morpholine rings is 1. The van der Waals surface area contributed by atoms with Crippen molar-refractivity contribution in [3.63, 3.8) is 0 Å². The Kier molecular flexibility index (Phi) is 5.67. The molecule has 15 heteroatoms. The van der Waals surface area contributed by atoms with Crippen molar-refractivity contribution in [2.45, 2.75) is 30.1 Å². The summed E-state index contributed by atoms with van der Waals surface area (Å²) >= 11 is 0. The predicted octanol–water partition coefficient (Wildman–Crippen LogP) is 2.88. The van der Waals surface area contributed by atoms with Crippen LogP contribution in [0.25, 0.3) is 0 Å². The van der Waals surface area contributed by atoms with E-state index in [0.717, 1.165) is 0 Å². The van der Waals surface area contributed by atoms with Crippen LogP contribution in [0.5, 0.6) is 0 Å². The molecule has 1 heterocycles. The Morgan fingerprint density at radius 2 is 1.32 bits per heavy atom. The average molecular weight is 399 g/mol. The first kappa shape index (κ1) is 21.8. The first-order valence-corrected chi connectivity index (χ1v) is 6.12. The van der Waals surface area contributed by atoms with Gasteiger partial charge in [0.2, 0.25) is 0 Å². The molecule has 1 rings (SSSR count). The minimum absolute atomic E-state index is 0.571. The van der Waals surface area contributed by atoms with E-state index < -0.39 is 67.3 Å². The molecule has 0 N–H and O–H groups in total. The zero-order chi connectivity index (χ0) is 19.9. The molecule has 1 fully saturated rings. The number of hydrogen-bond donors (Lipinski definition) is 0. The SMILES string of the molecule is O=C(F)C(F)(OC(F)(F)C(F)(F)C(F)(F)N1CCOCC1)C(F)(F)F. The van der Waals surface area contributed by atoms with E-state index in [1.807, 2.05) is 4.74 Å². The van der Waals surface area contributed by atoms with Crippen molar-refractivity contribution < 1.29 is 62.6 Å². The summed E-state index contributed by atoms with van der Waals surface area (Å²) in [7, 11) is 0. The summed E-state index contributed by atoms with van der Waals surface area (Å²) in [5, 5.41) is 0. The highest BCUT2D eigenvalue weighted by Gasteiger charge is 2.80. The van der Waals surface area contributed by atoms with Crippen molar-refractivity contribution in [2.24, 2.45) is 0 Å². The number of carbonyl (C=O) groups is 1. The molecule has 0 radical (unpaired) electrons. The molecule has 1 aliphatic rings.